The average molecular weight is 588 g/mol. The van der Waals surface area contributed by atoms with Gasteiger partial charge >= 0.3 is 6.01 Å². The van der Waals surface area contributed by atoms with E-state index in [1.165, 1.54) is 6.07 Å². The van der Waals surface area contributed by atoms with E-state index in [-0.39, 0.29) is 35.7 Å². The third-order valence-electron chi connectivity index (χ3n) is 9.26. The van der Waals surface area contributed by atoms with Gasteiger partial charge in [0.05, 0.1) is 23.4 Å². The molecule has 3 fully saturated rings. The molecular formula is C32H32F3N7O. The summed E-state index contributed by atoms with van der Waals surface area (Å²) in [6.07, 6.45) is 3.15. The van der Waals surface area contributed by atoms with Gasteiger partial charge in [-0.05, 0) is 48.7 Å². The molecule has 1 N–H and O–H groups in total. The SMILES string of the molecule is Cc1c(F)ccc2cccc(-c3ncc4c(N5CCN[C@@H](CC#N)C5)nc(OC[C@@]56CCCN5C[C@H](F)C6)nc4c3F)c12. The van der Waals surface area contributed by atoms with Crippen LogP contribution in [0.5, 0.6) is 6.01 Å². The molecule has 0 bridgehead atoms. The van der Waals surface area contributed by atoms with Gasteiger partial charge in [0.25, 0.3) is 0 Å². The Hall–Kier alpha value is -4.01. The molecule has 0 radical (unpaired) electrons. The van der Waals surface area contributed by atoms with Gasteiger partial charge in [-0.25, -0.2) is 13.2 Å². The van der Waals surface area contributed by atoms with E-state index >= 15 is 4.39 Å². The first-order valence-corrected chi connectivity index (χ1v) is 14.8. The first kappa shape index (κ1) is 27.8. The zero-order chi connectivity index (χ0) is 29.7. The Bertz CT molecular complexity index is 1760. The Labute approximate surface area is 247 Å². The summed E-state index contributed by atoms with van der Waals surface area (Å²) >= 11 is 0. The van der Waals surface area contributed by atoms with E-state index in [2.05, 4.69) is 26.3 Å². The van der Waals surface area contributed by atoms with Crippen molar-refractivity contribution < 1.29 is 17.9 Å². The number of pyridine rings is 1. The average Bonchev–Trinajstić information content (AvgIpc) is 3.54. The summed E-state index contributed by atoms with van der Waals surface area (Å²) in [5.74, 6) is -0.566. The van der Waals surface area contributed by atoms with E-state index in [1.807, 2.05) is 11.0 Å². The van der Waals surface area contributed by atoms with Crippen molar-refractivity contribution in [1.29, 1.82) is 5.26 Å². The minimum Gasteiger partial charge on any atom is -0.461 e. The van der Waals surface area contributed by atoms with Crippen LogP contribution in [-0.4, -0.2) is 76.9 Å². The van der Waals surface area contributed by atoms with Crippen LogP contribution in [0.3, 0.4) is 0 Å². The maximum atomic E-state index is 16.6. The molecule has 222 valence electrons. The highest BCUT2D eigenvalue weighted by Gasteiger charge is 2.49. The number of hydrogen-bond acceptors (Lipinski definition) is 8. The number of nitriles is 1. The van der Waals surface area contributed by atoms with Crippen molar-refractivity contribution >= 4 is 27.5 Å². The molecule has 4 aromatic rings. The van der Waals surface area contributed by atoms with Crippen LogP contribution in [-0.2, 0) is 0 Å². The Morgan fingerprint density at radius 3 is 2.91 bits per heavy atom. The number of rotatable bonds is 6. The molecule has 3 aliphatic rings. The van der Waals surface area contributed by atoms with Crippen molar-refractivity contribution in [3.63, 3.8) is 0 Å². The minimum atomic E-state index is -0.907. The molecule has 0 aliphatic carbocycles. The molecule has 3 aliphatic heterocycles. The third kappa shape index (κ3) is 4.82. The zero-order valence-electron chi connectivity index (χ0n) is 23.9. The number of aromatic nitrogens is 3. The monoisotopic (exact) mass is 587 g/mol. The highest BCUT2D eigenvalue weighted by molar-refractivity contribution is 6.00. The lowest BCUT2D eigenvalue weighted by Gasteiger charge is -2.34. The van der Waals surface area contributed by atoms with Gasteiger partial charge in [0.1, 0.15) is 35.6 Å². The van der Waals surface area contributed by atoms with Crippen LogP contribution in [0, 0.1) is 29.9 Å². The maximum absolute atomic E-state index is 16.6. The number of hydrogen-bond donors (Lipinski definition) is 1. The molecule has 7 rings (SSSR count). The van der Waals surface area contributed by atoms with Crippen LogP contribution in [0.1, 0.15) is 31.2 Å². The van der Waals surface area contributed by atoms with Crippen LogP contribution < -0.4 is 15.0 Å². The molecule has 0 unspecified atom stereocenters. The van der Waals surface area contributed by atoms with E-state index in [1.54, 1.807) is 31.3 Å². The van der Waals surface area contributed by atoms with E-state index in [0.717, 1.165) is 24.8 Å². The van der Waals surface area contributed by atoms with Crippen molar-refractivity contribution in [2.45, 2.75) is 50.4 Å². The summed E-state index contributed by atoms with van der Waals surface area (Å²) < 4.78 is 51.8. The summed E-state index contributed by atoms with van der Waals surface area (Å²) in [7, 11) is 0. The summed E-state index contributed by atoms with van der Waals surface area (Å²) in [6.45, 7) is 4.79. The number of fused-ring (bicyclic) bond motifs is 3. The summed E-state index contributed by atoms with van der Waals surface area (Å²) in [6, 6.07) is 10.6. The fraction of sp³-hybridized carbons (Fsp3) is 0.438. The van der Waals surface area contributed by atoms with Crippen LogP contribution in [0.25, 0.3) is 32.9 Å². The Balaban J connectivity index is 1.35. The normalized spacial score (nSPS) is 24.0. The summed E-state index contributed by atoms with van der Waals surface area (Å²) in [5.41, 5.74) is 0.559. The molecule has 2 aromatic heterocycles. The van der Waals surface area contributed by atoms with Crippen LogP contribution >= 0.6 is 0 Å². The molecule has 0 saturated carbocycles. The van der Waals surface area contributed by atoms with Crippen LogP contribution in [0.4, 0.5) is 19.0 Å². The van der Waals surface area contributed by atoms with Crippen molar-refractivity contribution in [3.05, 3.63) is 53.7 Å². The van der Waals surface area contributed by atoms with Gasteiger partial charge in [0, 0.05) is 50.4 Å². The lowest BCUT2D eigenvalue weighted by Crippen LogP contribution is -2.51. The van der Waals surface area contributed by atoms with Crippen LogP contribution in [0.15, 0.2) is 36.5 Å². The molecule has 43 heavy (non-hydrogen) atoms. The molecule has 8 nitrogen and oxygen atoms in total. The number of halogens is 3. The molecular weight excluding hydrogens is 555 g/mol. The number of anilines is 1. The second-order valence-electron chi connectivity index (χ2n) is 11.9. The molecule has 3 atom stereocenters. The third-order valence-corrected chi connectivity index (χ3v) is 9.26. The predicted molar refractivity (Wildman–Crippen MR) is 158 cm³/mol. The molecule has 0 spiro atoms. The number of ether oxygens (including phenoxy) is 1. The Kier molecular flexibility index (Phi) is 7.06. The van der Waals surface area contributed by atoms with E-state index in [9.17, 15) is 14.0 Å². The standard InChI is InChI=1S/C32H32F3N7O/c1-19-25(34)7-6-20-4-2-5-23(26(19)20)28-27(35)29-24(15-38-28)30(41-13-11-37-22(17-41)8-10-36)40-31(39-29)43-18-32-9-3-12-42(32)16-21(33)14-32/h2,4-7,15,21-22,37H,3,8-9,11-14,16-18H2,1H3/t21-,22+,32+/m1/s1. The first-order valence-electron chi connectivity index (χ1n) is 14.8. The van der Waals surface area contributed by atoms with Gasteiger partial charge in [-0.3, -0.25) is 9.88 Å². The lowest BCUT2D eigenvalue weighted by molar-refractivity contribution is 0.107. The number of nitrogens with zero attached hydrogens (tertiary/aromatic N) is 6. The number of piperazine rings is 1. The molecule has 11 heteroatoms. The Morgan fingerprint density at radius 2 is 2.05 bits per heavy atom. The molecule has 2 aromatic carbocycles. The van der Waals surface area contributed by atoms with Gasteiger partial charge in [-0.1, -0.05) is 24.3 Å². The number of nitrogens with one attached hydrogen (secondary N) is 1. The topological polar surface area (TPSA) is 90.2 Å². The quantitative estimate of drug-likeness (QED) is 0.334. The smallest absolute Gasteiger partial charge is 0.319 e. The van der Waals surface area contributed by atoms with Crippen molar-refractivity contribution in [2.75, 3.05) is 44.2 Å². The highest BCUT2D eigenvalue weighted by Crippen LogP contribution is 2.41. The van der Waals surface area contributed by atoms with E-state index in [0.29, 0.717) is 66.7 Å². The second-order valence-corrected chi connectivity index (χ2v) is 11.9. The van der Waals surface area contributed by atoms with Crippen LogP contribution in [0.2, 0.25) is 0 Å². The predicted octanol–water partition coefficient (Wildman–Crippen LogP) is 5.08. The largest absolute Gasteiger partial charge is 0.461 e. The van der Waals surface area contributed by atoms with Crippen molar-refractivity contribution in [2.24, 2.45) is 0 Å². The second kappa shape index (κ2) is 10.9. The zero-order valence-corrected chi connectivity index (χ0v) is 23.9. The van der Waals surface area contributed by atoms with Crippen molar-refractivity contribution in [3.8, 4) is 23.3 Å². The fourth-order valence-corrected chi connectivity index (χ4v) is 7.16. The van der Waals surface area contributed by atoms with Gasteiger partial charge in [-0.15, -0.1) is 0 Å². The van der Waals surface area contributed by atoms with Gasteiger partial charge < -0.3 is 15.0 Å². The summed E-state index contributed by atoms with van der Waals surface area (Å²) in [5, 5.41) is 14.4. The Morgan fingerprint density at radius 1 is 1.16 bits per heavy atom. The number of benzene rings is 2. The summed E-state index contributed by atoms with van der Waals surface area (Å²) in [4.78, 5) is 18.0. The molecule has 5 heterocycles. The van der Waals surface area contributed by atoms with Crippen molar-refractivity contribution in [1.82, 2.24) is 25.2 Å². The lowest BCUT2D eigenvalue weighted by atomic mass is 9.95. The van der Waals surface area contributed by atoms with Gasteiger partial charge in [0.15, 0.2) is 5.82 Å². The number of aryl methyl sites for hydroxylation is 1. The molecule has 3 saturated heterocycles. The van der Waals surface area contributed by atoms with E-state index < -0.39 is 17.5 Å². The first-order chi connectivity index (χ1) is 20.9. The molecule has 0 amide bonds. The number of alkyl halides is 1. The van der Waals surface area contributed by atoms with Gasteiger partial charge in [-0.2, -0.15) is 15.2 Å². The van der Waals surface area contributed by atoms with E-state index in [4.69, 9.17) is 9.72 Å². The minimum absolute atomic E-state index is 0.0117. The van der Waals surface area contributed by atoms with Gasteiger partial charge in [0.2, 0.25) is 0 Å². The maximum Gasteiger partial charge on any atom is 0.319 e. The fourth-order valence-electron chi connectivity index (χ4n) is 7.16. The highest BCUT2D eigenvalue weighted by atomic mass is 19.1.